The normalized spacial score (nSPS) is 44.7. The van der Waals surface area contributed by atoms with Crippen LogP contribution in [0.3, 0.4) is 0 Å². The molecule has 2 N–H and O–H groups in total. The Morgan fingerprint density at radius 3 is 2.71 bits per heavy atom. The first-order chi connectivity index (χ1) is 6.66. The Bertz CT molecular complexity index is 228. The summed E-state index contributed by atoms with van der Waals surface area (Å²) in [6, 6.07) is 0.370. The molecule has 3 unspecified atom stereocenters. The van der Waals surface area contributed by atoms with Crippen molar-refractivity contribution in [1.82, 2.24) is 0 Å². The van der Waals surface area contributed by atoms with Gasteiger partial charge in [0.05, 0.1) is 11.4 Å². The maximum absolute atomic E-state index is 12.0. The number of rotatable bonds is 3. The topological polar surface area (TPSA) is 52.3 Å². The average molecular weight is 217 g/mol. The Kier molecular flexibility index (Phi) is 3.24. The Labute approximate surface area is 87.8 Å². The molecule has 1 saturated heterocycles. The highest BCUT2D eigenvalue weighted by molar-refractivity contribution is 7.85. The van der Waals surface area contributed by atoms with Crippen LogP contribution >= 0.6 is 0 Å². The van der Waals surface area contributed by atoms with E-state index in [-0.39, 0.29) is 11.4 Å². The van der Waals surface area contributed by atoms with E-state index in [0.29, 0.717) is 12.0 Å². The van der Waals surface area contributed by atoms with E-state index in [9.17, 15) is 4.21 Å². The van der Waals surface area contributed by atoms with E-state index in [4.69, 9.17) is 10.5 Å². The van der Waals surface area contributed by atoms with E-state index in [1.54, 1.807) is 0 Å². The molecule has 1 heterocycles. The Hall–Kier alpha value is 0.0700. The van der Waals surface area contributed by atoms with E-state index in [1.807, 2.05) is 6.92 Å². The molecular formula is C10H19NO2S. The molecule has 0 amide bonds. The van der Waals surface area contributed by atoms with Crippen LogP contribution in [0.4, 0.5) is 0 Å². The smallest absolute Gasteiger partial charge is 0.0691 e. The predicted octanol–water partition coefficient (Wildman–Crippen LogP) is 0.650. The predicted molar refractivity (Wildman–Crippen MR) is 57.5 cm³/mol. The van der Waals surface area contributed by atoms with E-state index >= 15 is 0 Å². The van der Waals surface area contributed by atoms with E-state index in [0.717, 1.165) is 31.6 Å². The Morgan fingerprint density at radius 2 is 2.21 bits per heavy atom. The Morgan fingerprint density at radius 1 is 1.50 bits per heavy atom. The molecule has 82 valence electrons. The van der Waals surface area contributed by atoms with Gasteiger partial charge in [-0.05, 0) is 32.1 Å². The summed E-state index contributed by atoms with van der Waals surface area (Å²) >= 11 is 0. The second kappa shape index (κ2) is 4.29. The molecule has 0 bridgehead atoms. The van der Waals surface area contributed by atoms with Crippen LogP contribution in [0.25, 0.3) is 0 Å². The molecule has 2 aliphatic rings. The van der Waals surface area contributed by atoms with Crippen molar-refractivity contribution in [2.24, 2.45) is 11.7 Å². The molecule has 0 radical (unpaired) electrons. The van der Waals surface area contributed by atoms with Crippen LogP contribution in [0.15, 0.2) is 0 Å². The molecule has 2 fully saturated rings. The molecule has 3 nitrogen and oxygen atoms in total. The largest absolute Gasteiger partial charge is 0.377 e. The van der Waals surface area contributed by atoms with Crippen molar-refractivity contribution in [3.05, 3.63) is 0 Å². The van der Waals surface area contributed by atoms with Crippen LogP contribution in [0.2, 0.25) is 0 Å². The van der Waals surface area contributed by atoms with Crippen molar-refractivity contribution in [2.75, 3.05) is 12.4 Å². The second-order valence-electron chi connectivity index (χ2n) is 4.55. The van der Waals surface area contributed by atoms with E-state index in [1.165, 1.54) is 0 Å². The SMILES string of the molecule is CC1OCCC1S(=O)CC1CC(N)C1. The van der Waals surface area contributed by atoms with Gasteiger partial charge in [-0.3, -0.25) is 4.21 Å². The lowest BCUT2D eigenvalue weighted by Gasteiger charge is -2.32. The van der Waals surface area contributed by atoms with E-state index in [2.05, 4.69) is 0 Å². The van der Waals surface area contributed by atoms with Gasteiger partial charge < -0.3 is 10.5 Å². The zero-order chi connectivity index (χ0) is 10.1. The molecule has 0 spiro atoms. The first-order valence-electron chi connectivity index (χ1n) is 5.41. The van der Waals surface area contributed by atoms with Crippen LogP contribution in [-0.2, 0) is 15.5 Å². The molecule has 0 aromatic heterocycles. The highest BCUT2D eigenvalue weighted by Crippen LogP contribution is 2.29. The van der Waals surface area contributed by atoms with Gasteiger partial charge in [-0.25, -0.2) is 0 Å². The first kappa shape index (κ1) is 10.6. The molecule has 3 atom stereocenters. The third kappa shape index (κ3) is 2.18. The van der Waals surface area contributed by atoms with Crippen molar-refractivity contribution in [2.45, 2.75) is 43.6 Å². The molecule has 14 heavy (non-hydrogen) atoms. The van der Waals surface area contributed by atoms with Gasteiger partial charge in [0.15, 0.2) is 0 Å². The van der Waals surface area contributed by atoms with Crippen LogP contribution < -0.4 is 5.73 Å². The minimum atomic E-state index is -0.700. The summed E-state index contributed by atoms with van der Waals surface area (Å²) in [6.07, 6.45) is 3.28. The van der Waals surface area contributed by atoms with Crippen molar-refractivity contribution in [3.8, 4) is 0 Å². The molecule has 0 aromatic carbocycles. The van der Waals surface area contributed by atoms with Crippen molar-refractivity contribution in [1.29, 1.82) is 0 Å². The third-order valence-corrected chi connectivity index (χ3v) is 5.41. The zero-order valence-electron chi connectivity index (χ0n) is 8.65. The summed E-state index contributed by atoms with van der Waals surface area (Å²) in [5.74, 6) is 1.45. The van der Waals surface area contributed by atoms with Gasteiger partial charge in [-0.15, -0.1) is 0 Å². The minimum absolute atomic E-state index is 0.185. The summed E-state index contributed by atoms with van der Waals surface area (Å²) in [7, 11) is -0.700. The molecule has 2 rings (SSSR count). The fourth-order valence-corrected chi connectivity index (χ4v) is 4.19. The summed E-state index contributed by atoms with van der Waals surface area (Å²) in [5, 5.41) is 0.270. The van der Waals surface area contributed by atoms with Crippen molar-refractivity contribution in [3.63, 3.8) is 0 Å². The van der Waals surface area contributed by atoms with Gasteiger partial charge in [-0.2, -0.15) is 0 Å². The lowest BCUT2D eigenvalue weighted by molar-refractivity contribution is 0.126. The molecule has 4 heteroatoms. The van der Waals surface area contributed by atoms with E-state index < -0.39 is 10.8 Å². The van der Waals surface area contributed by atoms with Crippen molar-refractivity contribution < 1.29 is 8.95 Å². The standard InChI is InChI=1S/C10H19NO2S/c1-7-10(2-3-13-7)14(12)6-8-4-9(11)5-8/h7-10H,2-6,11H2,1H3. The number of hydrogen-bond acceptors (Lipinski definition) is 3. The summed E-state index contributed by atoms with van der Waals surface area (Å²) in [6.45, 7) is 2.81. The third-order valence-electron chi connectivity index (χ3n) is 3.32. The van der Waals surface area contributed by atoms with Gasteiger partial charge >= 0.3 is 0 Å². The lowest BCUT2D eigenvalue weighted by Crippen LogP contribution is -2.40. The maximum Gasteiger partial charge on any atom is 0.0691 e. The Balaban J connectivity index is 1.78. The molecule has 1 aliphatic heterocycles. The summed E-state index contributed by atoms with van der Waals surface area (Å²) < 4.78 is 17.4. The van der Waals surface area contributed by atoms with Crippen molar-refractivity contribution >= 4 is 10.8 Å². The van der Waals surface area contributed by atoms with Crippen LogP contribution in [0.1, 0.15) is 26.2 Å². The monoisotopic (exact) mass is 217 g/mol. The average Bonchev–Trinajstić information content (AvgIpc) is 2.48. The zero-order valence-corrected chi connectivity index (χ0v) is 9.46. The van der Waals surface area contributed by atoms with Gasteiger partial charge in [0.2, 0.25) is 0 Å². The first-order valence-corrected chi connectivity index (χ1v) is 6.79. The summed E-state index contributed by atoms with van der Waals surface area (Å²) in [4.78, 5) is 0. The molecule has 0 aromatic rings. The maximum atomic E-state index is 12.0. The van der Waals surface area contributed by atoms with Crippen LogP contribution in [0.5, 0.6) is 0 Å². The molecule has 1 aliphatic carbocycles. The minimum Gasteiger partial charge on any atom is -0.377 e. The highest BCUT2D eigenvalue weighted by atomic mass is 32.2. The highest BCUT2D eigenvalue weighted by Gasteiger charge is 2.34. The number of hydrogen-bond donors (Lipinski definition) is 1. The fraction of sp³-hybridized carbons (Fsp3) is 1.00. The van der Waals surface area contributed by atoms with Gasteiger partial charge in [-0.1, -0.05) is 0 Å². The molecular weight excluding hydrogens is 198 g/mol. The fourth-order valence-electron chi connectivity index (χ4n) is 2.34. The summed E-state index contributed by atoms with van der Waals surface area (Å²) in [5.41, 5.74) is 5.70. The van der Waals surface area contributed by atoms with Crippen LogP contribution in [-0.4, -0.2) is 34.0 Å². The van der Waals surface area contributed by atoms with Gasteiger partial charge in [0.25, 0.3) is 0 Å². The number of ether oxygens (including phenoxy) is 1. The second-order valence-corrected chi connectivity index (χ2v) is 6.25. The van der Waals surface area contributed by atoms with Gasteiger partial charge in [0, 0.05) is 29.2 Å². The quantitative estimate of drug-likeness (QED) is 0.755. The molecule has 1 saturated carbocycles. The lowest BCUT2D eigenvalue weighted by atomic mass is 9.82. The van der Waals surface area contributed by atoms with Gasteiger partial charge in [0.1, 0.15) is 0 Å². The number of nitrogens with two attached hydrogens (primary N) is 1. The van der Waals surface area contributed by atoms with Crippen LogP contribution in [0, 0.1) is 5.92 Å².